The molecular formula is C11H24N2S. The summed E-state index contributed by atoms with van der Waals surface area (Å²) in [6.45, 7) is 3.05. The van der Waals surface area contributed by atoms with E-state index in [-0.39, 0.29) is 0 Å². The Balaban J connectivity index is 3.15. The van der Waals surface area contributed by atoms with Gasteiger partial charge in [-0.1, -0.05) is 19.8 Å². The summed E-state index contributed by atoms with van der Waals surface area (Å²) in [6.07, 6.45) is 9.38. The number of hydrogen-bond donors (Lipinski definition) is 1. The summed E-state index contributed by atoms with van der Waals surface area (Å²) in [5.41, 5.74) is 5.69. The number of aliphatic imine (C=N–C) groups is 1. The van der Waals surface area contributed by atoms with E-state index >= 15 is 0 Å². The first kappa shape index (κ1) is 13.8. The van der Waals surface area contributed by atoms with Gasteiger partial charge < -0.3 is 5.73 Å². The van der Waals surface area contributed by atoms with Crippen molar-refractivity contribution < 1.29 is 0 Å². The summed E-state index contributed by atoms with van der Waals surface area (Å²) in [5, 5.41) is 0. The average molecular weight is 216 g/mol. The molecule has 0 bridgehead atoms. The van der Waals surface area contributed by atoms with Gasteiger partial charge in [0.2, 0.25) is 0 Å². The molecule has 84 valence electrons. The molecule has 0 heterocycles. The fourth-order valence-electron chi connectivity index (χ4n) is 1.27. The quantitative estimate of drug-likeness (QED) is 0.365. The van der Waals surface area contributed by atoms with Gasteiger partial charge in [0, 0.05) is 13.0 Å². The van der Waals surface area contributed by atoms with Crippen LogP contribution in [0.4, 0.5) is 0 Å². The highest BCUT2D eigenvalue weighted by molar-refractivity contribution is 7.98. The summed E-state index contributed by atoms with van der Waals surface area (Å²) >= 11 is 1.93. The summed E-state index contributed by atoms with van der Waals surface area (Å²) in [6, 6.07) is 0. The molecule has 0 aromatic rings. The second-order valence-corrected chi connectivity index (χ2v) is 4.52. The molecule has 0 spiro atoms. The van der Waals surface area contributed by atoms with Crippen LogP contribution in [0.2, 0.25) is 0 Å². The molecule has 0 aliphatic rings. The van der Waals surface area contributed by atoms with Crippen LogP contribution in [0.25, 0.3) is 0 Å². The van der Waals surface area contributed by atoms with Crippen molar-refractivity contribution >= 4 is 17.6 Å². The van der Waals surface area contributed by atoms with Crippen molar-refractivity contribution in [3.63, 3.8) is 0 Å². The Labute approximate surface area is 92.7 Å². The average Bonchev–Trinajstić information content (AvgIpc) is 2.17. The second kappa shape index (κ2) is 10.9. The molecule has 0 aliphatic heterocycles. The third-order valence-corrected chi connectivity index (χ3v) is 2.77. The van der Waals surface area contributed by atoms with Crippen molar-refractivity contribution in [3.05, 3.63) is 0 Å². The van der Waals surface area contributed by atoms with E-state index in [4.69, 9.17) is 5.73 Å². The van der Waals surface area contributed by atoms with Crippen molar-refractivity contribution in [1.29, 1.82) is 0 Å². The number of rotatable bonds is 9. The minimum absolute atomic E-state index is 0.830. The molecule has 14 heavy (non-hydrogen) atoms. The summed E-state index contributed by atoms with van der Waals surface area (Å²) in [5.74, 6) is 2.12. The smallest absolute Gasteiger partial charge is 0.0936 e. The Morgan fingerprint density at radius 1 is 1.21 bits per heavy atom. The summed E-state index contributed by atoms with van der Waals surface area (Å²) in [7, 11) is 0. The van der Waals surface area contributed by atoms with Crippen molar-refractivity contribution in [2.45, 2.75) is 45.4 Å². The molecule has 0 saturated carbocycles. The van der Waals surface area contributed by atoms with Crippen molar-refractivity contribution in [3.8, 4) is 0 Å². The molecule has 0 amide bonds. The van der Waals surface area contributed by atoms with Crippen LogP contribution in [0.5, 0.6) is 0 Å². The molecule has 0 atom stereocenters. The van der Waals surface area contributed by atoms with Gasteiger partial charge in [-0.15, -0.1) is 0 Å². The van der Waals surface area contributed by atoms with Gasteiger partial charge in [-0.25, -0.2) is 0 Å². The molecule has 0 aromatic heterocycles. The van der Waals surface area contributed by atoms with Gasteiger partial charge in [0.05, 0.1) is 5.84 Å². The third-order valence-electron chi connectivity index (χ3n) is 2.08. The number of nitrogens with zero attached hydrogens (tertiary/aromatic N) is 1. The predicted molar refractivity (Wildman–Crippen MR) is 68.2 cm³/mol. The van der Waals surface area contributed by atoms with Gasteiger partial charge in [0.1, 0.15) is 0 Å². The molecule has 0 fully saturated rings. The predicted octanol–water partition coefficient (Wildman–Crippen LogP) is 3.07. The fourth-order valence-corrected chi connectivity index (χ4v) is 1.76. The Morgan fingerprint density at radius 3 is 2.57 bits per heavy atom. The maximum atomic E-state index is 5.69. The van der Waals surface area contributed by atoms with Gasteiger partial charge in [0.25, 0.3) is 0 Å². The van der Waals surface area contributed by atoms with E-state index in [1.54, 1.807) is 0 Å². The van der Waals surface area contributed by atoms with E-state index in [2.05, 4.69) is 18.2 Å². The lowest BCUT2D eigenvalue weighted by Crippen LogP contribution is -2.11. The first-order valence-electron chi connectivity index (χ1n) is 5.59. The molecular weight excluding hydrogens is 192 g/mol. The second-order valence-electron chi connectivity index (χ2n) is 3.53. The minimum atomic E-state index is 0.830. The van der Waals surface area contributed by atoms with E-state index in [0.29, 0.717) is 0 Å². The first-order valence-corrected chi connectivity index (χ1v) is 6.98. The van der Waals surface area contributed by atoms with Crippen molar-refractivity contribution in [1.82, 2.24) is 0 Å². The van der Waals surface area contributed by atoms with Crippen LogP contribution in [0.3, 0.4) is 0 Å². The lowest BCUT2D eigenvalue weighted by Gasteiger charge is -1.99. The number of hydrogen-bond acceptors (Lipinski definition) is 2. The molecule has 0 aromatic carbocycles. The van der Waals surface area contributed by atoms with E-state index < -0.39 is 0 Å². The van der Waals surface area contributed by atoms with Crippen LogP contribution in [-0.4, -0.2) is 24.4 Å². The van der Waals surface area contributed by atoms with Gasteiger partial charge in [-0.3, -0.25) is 4.99 Å². The highest BCUT2D eigenvalue weighted by Gasteiger charge is 1.91. The number of unbranched alkanes of at least 4 members (excludes halogenated alkanes) is 3. The van der Waals surface area contributed by atoms with Crippen molar-refractivity contribution in [2.75, 3.05) is 18.6 Å². The van der Waals surface area contributed by atoms with E-state index in [1.807, 2.05) is 11.8 Å². The summed E-state index contributed by atoms with van der Waals surface area (Å²) in [4.78, 5) is 4.32. The van der Waals surface area contributed by atoms with Crippen LogP contribution in [0.15, 0.2) is 4.99 Å². The minimum Gasteiger partial charge on any atom is -0.387 e. The fraction of sp³-hybridized carbons (Fsp3) is 0.909. The Morgan fingerprint density at radius 2 is 1.93 bits per heavy atom. The molecule has 0 rings (SSSR count). The number of amidine groups is 1. The normalized spacial score (nSPS) is 12.0. The summed E-state index contributed by atoms with van der Waals surface area (Å²) < 4.78 is 0. The first-order chi connectivity index (χ1) is 6.81. The largest absolute Gasteiger partial charge is 0.387 e. The van der Waals surface area contributed by atoms with E-state index in [0.717, 1.165) is 25.2 Å². The van der Waals surface area contributed by atoms with Crippen molar-refractivity contribution in [2.24, 2.45) is 10.7 Å². The maximum absolute atomic E-state index is 5.69. The van der Waals surface area contributed by atoms with Crippen LogP contribution in [0.1, 0.15) is 45.4 Å². The monoisotopic (exact) mass is 216 g/mol. The zero-order valence-corrected chi connectivity index (χ0v) is 10.4. The zero-order valence-electron chi connectivity index (χ0n) is 9.59. The zero-order chi connectivity index (χ0) is 10.6. The molecule has 0 aliphatic carbocycles. The maximum Gasteiger partial charge on any atom is 0.0936 e. The third kappa shape index (κ3) is 9.90. The number of thioether (sulfide) groups is 1. The van der Waals surface area contributed by atoms with E-state index in [1.165, 1.54) is 31.4 Å². The molecule has 0 saturated heterocycles. The molecule has 2 nitrogen and oxygen atoms in total. The van der Waals surface area contributed by atoms with Crippen LogP contribution in [0, 0.1) is 0 Å². The lowest BCUT2D eigenvalue weighted by molar-refractivity contribution is 0.677. The molecule has 0 radical (unpaired) electrons. The van der Waals surface area contributed by atoms with Crippen LogP contribution < -0.4 is 5.73 Å². The van der Waals surface area contributed by atoms with E-state index in [9.17, 15) is 0 Å². The topological polar surface area (TPSA) is 38.4 Å². The molecule has 3 heteroatoms. The van der Waals surface area contributed by atoms with Gasteiger partial charge >= 0.3 is 0 Å². The highest BCUT2D eigenvalue weighted by Crippen LogP contribution is 2.04. The Kier molecular flexibility index (Phi) is 10.8. The highest BCUT2D eigenvalue weighted by atomic mass is 32.2. The van der Waals surface area contributed by atoms with Crippen LogP contribution in [-0.2, 0) is 0 Å². The van der Waals surface area contributed by atoms with Gasteiger partial charge in [-0.2, -0.15) is 11.8 Å². The molecule has 0 unspecified atom stereocenters. The SMILES string of the molecule is CCCC(N)=NCCCCCCSC. The Hall–Kier alpha value is -0.180. The standard InChI is InChI=1S/C11H24N2S/c1-3-8-11(12)13-9-6-4-5-7-10-14-2/h3-10H2,1-2H3,(H2,12,13). The van der Waals surface area contributed by atoms with Gasteiger partial charge in [0.15, 0.2) is 0 Å². The lowest BCUT2D eigenvalue weighted by atomic mass is 10.2. The van der Waals surface area contributed by atoms with Gasteiger partial charge in [-0.05, 0) is 31.3 Å². The molecule has 2 N–H and O–H groups in total. The number of nitrogens with two attached hydrogens (primary N) is 1. The van der Waals surface area contributed by atoms with Crippen LogP contribution >= 0.6 is 11.8 Å². The Bertz CT molecular complexity index is 146.